The van der Waals surface area contributed by atoms with Gasteiger partial charge in [-0.1, -0.05) is 71.1 Å². The van der Waals surface area contributed by atoms with Gasteiger partial charge in [0.05, 0.1) is 37.6 Å². The predicted molar refractivity (Wildman–Crippen MR) is 271 cm³/mol. The fourth-order valence-corrected chi connectivity index (χ4v) is 10.8. The number of amides is 1. The molecule has 0 spiro atoms. The van der Waals surface area contributed by atoms with Crippen LogP contribution in [0.2, 0.25) is 0 Å². The molecule has 0 aromatic rings. The summed E-state index contributed by atoms with van der Waals surface area (Å²) >= 11 is 0. The normalized spacial score (nSPS) is 35.3. The van der Waals surface area contributed by atoms with E-state index in [1.807, 2.05) is 58.1 Å². The number of aliphatic hydroxyl groups excluding tert-OH is 2. The summed E-state index contributed by atoms with van der Waals surface area (Å²) in [5, 5.41) is 32.9. The molecule has 408 valence electrons. The van der Waals surface area contributed by atoms with E-state index >= 15 is 0 Å². The monoisotopic (exact) mass is 1020 g/mol. The maximum Gasteiger partial charge on any atom is 0.329 e. The molecular weight excluding hydrogens is 927 g/mol. The molecule has 3 heterocycles. The minimum atomic E-state index is -2.46. The van der Waals surface area contributed by atoms with Gasteiger partial charge in [-0.2, -0.15) is 0 Å². The van der Waals surface area contributed by atoms with Crippen molar-refractivity contribution in [2.75, 3.05) is 54.3 Å². The molecule has 0 unspecified atom stereocenters. The van der Waals surface area contributed by atoms with Crippen molar-refractivity contribution in [2.24, 2.45) is 35.5 Å². The van der Waals surface area contributed by atoms with E-state index in [1.165, 1.54) is 12.0 Å². The maximum atomic E-state index is 14.6. The van der Waals surface area contributed by atoms with E-state index < -0.39 is 77.8 Å². The summed E-state index contributed by atoms with van der Waals surface area (Å²) in [6.45, 7) is 13.9. The SMILES string of the molecule is COCCO[C@@H]1C[C@@H]2CC[C@@H](C)[C@@](O)(O2)C(=O)C(=O)N2CCCC[C@H]2C(=O)O[C@H]([C@H](C)C[C@@H]2CC[C@@H](OCCCO)[C@H](OC)C2)CC(=O)[C@H](C)C=C(C)[C@@H](O)[C@@H](OC)C(=O)[C@H](C)C[C@H](C)C=CC=CC=C1C. The molecule has 0 radical (unpaired) electrons. The number of rotatable bonds is 13. The van der Waals surface area contributed by atoms with Crippen molar-refractivity contribution >= 4 is 29.2 Å². The minimum Gasteiger partial charge on any atom is -0.460 e. The second-order valence-electron chi connectivity index (χ2n) is 21.1. The Kier molecular flexibility index (Phi) is 25.6. The Morgan fingerprint density at radius 3 is 2.28 bits per heavy atom. The first-order valence-electron chi connectivity index (χ1n) is 26.6. The number of methoxy groups -OCH3 is 3. The number of cyclic esters (lactones) is 1. The van der Waals surface area contributed by atoms with Crippen molar-refractivity contribution < 1.29 is 72.5 Å². The summed E-state index contributed by atoms with van der Waals surface area (Å²) in [6, 6.07) is -1.16. The highest BCUT2D eigenvalue weighted by molar-refractivity contribution is 6.39. The highest BCUT2D eigenvalue weighted by Crippen LogP contribution is 2.38. The van der Waals surface area contributed by atoms with E-state index in [-0.39, 0.29) is 80.5 Å². The van der Waals surface area contributed by atoms with Crippen LogP contribution in [-0.2, 0) is 57.1 Å². The maximum absolute atomic E-state index is 14.6. The second-order valence-corrected chi connectivity index (χ2v) is 21.1. The van der Waals surface area contributed by atoms with Gasteiger partial charge in [-0.05, 0) is 113 Å². The number of aliphatic hydroxyl groups is 3. The first kappa shape index (κ1) is 61.1. The van der Waals surface area contributed by atoms with Gasteiger partial charge in [0.25, 0.3) is 11.7 Å². The molecule has 1 saturated carbocycles. The van der Waals surface area contributed by atoms with Gasteiger partial charge in [-0.15, -0.1) is 0 Å². The quantitative estimate of drug-likeness (QED) is 0.0767. The number of piperidine rings is 1. The Morgan fingerprint density at radius 1 is 0.833 bits per heavy atom. The third-order valence-electron chi connectivity index (χ3n) is 15.4. The number of carbonyl (C=O) groups is 5. The van der Waals surface area contributed by atoms with Crippen molar-refractivity contribution in [2.45, 2.75) is 186 Å². The van der Waals surface area contributed by atoms with Gasteiger partial charge < -0.3 is 53.4 Å². The van der Waals surface area contributed by atoms with Gasteiger partial charge in [0.2, 0.25) is 5.79 Å². The third-order valence-corrected chi connectivity index (χ3v) is 15.4. The molecule has 16 heteroatoms. The standard InChI is InChI=1S/C56H89NO15/c1-35-17-12-11-13-18-36(2)47(70-28-27-66-8)33-43-22-20-41(7)56(65,72-43)53(62)54(63)57-24-15-14-19-44(57)55(64)71-48(38(4)31-42-21-23-46(49(32-42)67-9)69-26-16-25-58)34-45(59)37(3)30-40(6)51(61)52(68-10)50(60)39(5)29-35/h11-13,17-18,30,35,37-39,41-44,46-49,51-52,58,61,65H,14-16,19-29,31-34H2,1-10H3/t35-,37-,38-,39-,41-,42+,43+,44+,46-,47-,48+,49-,51-,52+,56-/m1/s1. The van der Waals surface area contributed by atoms with E-state index in [4.69, 9.17) is 33.2 Å². The van der Waals surface area contributed by atoms with Gasteiger partial charge >= 0.3 is 5.97 Å². The number of fused-ring (bicyclic) bond motifs is 3. The highest BCUT2D eigenvalue weighted by atomic mass is 16.6. The zero-order chi connectivity index (χ0) is 53.1. The van der Waals surface area contributed by atoms with Crippen LogP contribution >= 0.6 is 0 Å². The molecule has 1 aliphatic carbocycles. The zero-order valence-corrected chi connectivity index (χ0v) is 45.0. The fraction of sp³-hybridized carbons (Fsp3) is 0.768. The van der Waals surface area contributed by atoms with Crippen LogP contribution in [0.25, 0.3) is 0 Å². The highest BCUT2D eigenvalue weighted by Gasteiger charge is 2.53. The van der Waals surface area contributed by atoms with Crippen LogP contribution in [0, 0.1) is 35.5 Å². The van der Waals surface area contributed by atoms with E-state index in [0.29, 0.717) is 70.2 Å². The van der Waals surface area contributed by atoms with Crippen LogP contribution in [-0.4, -0.2) is 158 Å². The molecule has 4 aliphatic rings. The summed E-state index contributed by atoms with van der Waals surface area (Å²) in [7, 11) is 4.61. The predicted octanol–water partition coefficient (Wildman–Crippen LogP) is 6.60. The van der Waals surface area contributed by atoms with E-state index in [0.717, 1.165) is 18.4 Å². The van der Waals surface area contributed by atoms with Crippen LogP contribution < -0.4 is 0 Å². The Hall–Kier alpha value is -3.45. The van der Waals surface area contributed by atoms with Gasteiger partial charge in [0.15, 0.2) is 5.78 Å². The Bertz CT molecular complexity index is 1880. The number of nitrogens with zero attached hydrogens (tertiary/aromatic N) is 1. The molecule has 3 fully saturated rings. The summed E-state index contributed by atoms with van der Waals surface area (Å²) in [4.78, 5) is 72.6. The molecule has 3 N–H and O–H groups in total. The van der Waals surface area contributed by atoms with Crippen LogP contribution in [0.5, 0.6) is 0 Å². The van der Waals surface area contributed by atoms with E-state index in [9.17, 15) is 39.3 Å². The molecule has 4 rings (SSSR count). The number of ether oxygens (including phenoxy) is 7. The van der Waals surface area contributed by atoms with Crippen LogP contribution in [0.15, 0.2) is 47.6 Å². The molecule has 0 aromatic heterocycles. The fourth-order valence-electron chi connectivity index (χ4n) is 10.8. The molecule has 15 atom stereocenters. The average Bonchev–Trinajstić information content (AvgIpc) is 3.36. The van der Waals surface area contributed by atoms with Gasteiger partial charge in [0, 0.05) is 71.7 Å². The van der Waals surface area contributed by atoms with Crippen LogP contribution in [0.1, 0.15) is 132 Å². The summed E-state index contributed by atoms with van der Waals surface area (Å²) in [6.07, 6.45) is 12.4. The number of esters is 1. The van der Waals surface area contributed by atoms with Gasteiger partial charge in [-0.25, -0.2) is 4.79 Å². The lowest BCUT2D eigenvalue weighted by molar-refractivity contribution is -0.266. The molecule has 16 nitrogen and oxygen atoms in total. The first-order valence-corrected chi connectivity index (χ1v) is 26.6. The molecule has 3 aliphatic heterocycles. The smallest absolute Gasteiger partial charge is 0.329 e. The average molecular weight is 1020 g/mol. The van der Waals surface area contributed by atoms with E-state index in [2.05, 4.69) is 0 Å². The van der Waals surface area contributed by atoms with Crippen LogP contribution in [0.3, 0.4) is 0 Å². The summed E-state index contributed by atoms with van der Waals surface area (Å²) in [5.74, 6) is -8.06. The number of ketones is 3. The number of carbonyl (C=O) groups excluding carboxylic acids is 5. The lowest BCUT2D eigenvalue weighted by Gasteiger charge is -2.43. The largest absolute Gasteiger partial charge is 0.460 e. The number of hydrogen-bond donors (Lipinski definition) is 3. The van der Waals surface area contributed by atoms with Crippen molar-refractivity contribution in [3.8, 4) is 0 Å². The minimum absolute atomic E-state index is 0.000907. The third kappa shape index (κ3) is 17.3. The van der Waals surface area contributed by atoms with E-state index in [1.54, 1.807) is 41.1 Å². The Morgan fingerprint density at radius 2 is 1.58 bits per heavy atom. The van der Waals surface area contributed by atoms with Crippen molar-refractivity contribution in [1.82, 2.24) is 4.90 Å². The Balaban J connectivity index is 1.71. The number of Topliss-reactive ketones (excluding diaryl/α,β-unsaturated/α-hetero) is 3. The topological polar surface area (TPSA) is 214 Å². The molecule has 2 saturated heterocycles. The zero-order valence-electron chi connectivity index (χ0n) is 45.0. The second kappa shape index (κ2) is 30.2. The Labute approximate surface area is 429 Å². The van der Waals surface area contributed by atoms with Crippen LogP contribution in [0.4, 0.5) is 0 Å². The van der Waals surface area contributed by atoms with Crippen molar-refractivity contribution in [1.29, 1.82) is 0 Å². The number of allylic oxidation sites excluding steroid dienone is 6. The number of hydrogen-bond acceptors (Lipinski definition) is 15. The molecule has 72 heavy (non-hydrogen) atoms. The van der Waals surface area contributed by atoms with Crippen molar-refractivity contribution in [3.63, 3.8) is 0 Å². The lowest BCUT2D eigenvalue weighted by atomic mass is 9.78. The molecule has 1 amide bonds. The summed E-state index contributed by atoms with van der Waals surface area (Å²) in [5.41, 5.74) is 1.24. The molecule has 2 bridgehead atoms. The molecule has 0 aromatic carbocycles. The van der Waals surface area contributed by atoms with Gasteiger partial charge in [0.1, 0.15) is 30.1 Å². The molecular formula is C56H89NO15. The summed E-state index contributed by atoms with van der Waals surface area (Å²) < 4.78 is 41.6. The lowest BCUT2D eigenvalue weighted by Crippen LogP contribution is -2.61. The van der Waals surface area contributed by atoms with Crippen molar-refractivity contribution in [3.05, 3.63) is 47.6 Å². The first-order chi connectivity index (χ1) is 34.3. The van der Waals surface area contributed by atoms with Gasteiger partial charge in [-0.3, -0.25) is 19.2 Å².